The number of esters is 6. The molecule has 8 aromatic carbocycles. The van der Waals surface area contributed by atoms with Crippen LogP contribution in [0.15, 0.2) is 243 Å². The van der Waals surface area contributed by atoms with E-state index in [1.807, 2.05) is 60.7 Å². The van der Waals surface area contributed by atoms with Gasteiger partial charge >= 0.3 is 35.8 Å². The molecule has 10 rings (SSSR count). The van der Waals surface area contributed by atoms with E-state index >= 15 is 0 Å². The molecule has 0 spiro atoms. The van der Waals surface area contributed by atoms with Crippen LogP contribution in [0.3, 0.4) is 0 Å². The molecule has 0 radical (unpaired) electrons. The summed E-state index contributed by atoms with van der Waals surface area (Å²) in [5.74, 6) is -6.90. The van der Waals surface area contributed by atoms with E-state index in [4.69, 9.17) is 92.0 Å². The molecule has 0 aromatic heterocycles. The highest BCUT2D eigenvalue weighted by atomic mass is 35.6. The van der Waals surface area contributed by atoms with Crippen LogP contribution in [-0.4, -0.2) is 128 Å². The quantitative estimate of drug-likeness (QED) is 0.0176. The molecule has 94 heavy (non-hydrogen) atoms. The number of benzene rings is 8. The zero-order valence-electron chi connectivity index (χ0n) is 50.9. The number of hydrogen-bond acceptors (Lipinski definition) is 18. The average Bonchev–Trinajstić information content (AvgIpc) is 0.756. The first-order valence-electron chi connectivity index (χ1n) is 29.8. The summed E-state index contributed by atoms with van der Waals surface area (Å²) >= 11 is 18.8. The van der Waals surface area contributed by atoms with Crippen LogP contribution in [0, 0.1) is 5.41 Å². The van der Waals surface area contributed by atoms with E-state index in [0.29, 0.717) is 0 Å². The van der Waals surface area contributed by atoms with Gasteiger partial charge in [0, 0.05) is 0 Å². The maximum atomic E-state index is 14.8. The average molecular weight is 1350 g/mol. The lowest BCUT2D eigenvalue weighted by molar-refractivity contribution is -0.321. The monoisotopic (exact) mass is 1350 g/mol. The third-order valence-electron chi connectivity index (χ3n) is 15.5. The van der Waals surface area contributed by atoms with Crippen molar-refractivity contribution < 1.29 is 80.6 Å². The number of hydrogen-bond donors (Lipinski definition) is 1. The summed E-state index contributed by atoms with van der Waals surface area (Å²) in [4.78, 5) is 87.8. The summed E-state index contributed by atoms with van der Waals surface area (Å²) in [5.41, 5.74) is 0.191. The van der Waals surface area contributed by atoms with Gasteiger partial charge in [0.2, 0.25) is 18.3 Å². The third-order valence-corrected chi connectivity index (χ3v) is 21.0. The molecule has 0 bridgehead atoms. The van der Waals surface area contributed by atoms with Crippen LogP contribution < -0.4 is 10.4 Å². The minimum Gasteiger partial charge on any atom is -0.452 e. The predicted molar refractivity (Wildman–Crippen MR) is 350 cm³/mol. The zero-order valence-corrected chi connectivity index (χ0v) is 54.1. The molecule has 0 amide bonds. The van der Waals surface area contributed by atoms with Gasteiger partial charge in [-0.1, -0.05) is 225 Å². The van der Waals surface area contributed by atoms with Gasteiger partial charge in [0.1, 0.15) is 12.2 Å². The Balaban J connectivity index is 1.14. The third kappa shape index (κ3) is 16.3. The molecule has 1 N–H and O–H groups in total. The Bertz CT molecular complexity index is 3820. The van der Waals surface area contributed by atoms with E-state index < -0.39 is 133 Å². The van der Waals surface area contributed by atoms with E-state index in [9.17, 15) is 28.8 Å². The number of carbonyl (C=O) groups excluding carboxylic acids is 6. The second-order valence-corrected chi connectivity index (χ2v) is 29.3. The van der Waals surface area contributed by atoms with Gasteiger partial charge < -0.3 is 51.8 Å². The Hall–Kier alpha value is -9.02. The van der Waals surface area contributed by atoms with E-state index in [-0.39, 0.29) is 33.4 Å². The molecule has 2 aliphatic heterocycles. The Labute approximate surface area is 558 Å². The van der Waals surface area contributed by atoms with Crippen molar-refractivity contribution in [1.29, 1.82) is 5.41 Å². The van der Waals surface area contributed by atoms with Crippen LogP contribution in [-0.2, 0) is 51.8 Å². The first-order valence-corrected chi connectivity index (χ1v) is 32.9. The van der Waals surface area contributed by atoms with Gasteiger partial charge in [0.15, 0.2) is 36.8 Å². The molecule has 2 aliphatic rings. The summed E-state index contributed by atoms with van der Waals surface area (Å²) in [6, 6.07) is 66.2. The van der Waals surface area contributed by atoms with Crippen molar-refractivity contribution in [3.8, 4) is 0 Å². The van der Waals surface area contributed by atoms with Gasteiger partial charge in [-0.3, -0.25) is 5.41 Å². The second kappa shape index (κ2) is 30.8. The van der Waals surface area contributed by atoms with Crippen molar-refractivity contribution in [2.75, 3.05) is 13.2 Å². The molecule has 2 fully saturated rings. The Kier molecular flexibility index (Phi) is 22.2. The molecule has 0 aliphatic carbocycles. The number of carbonyl (C=O) groups is 6. The highest BCUT2D eigenvalue weighted by Crippen LogP contribution is 2.40. The summed E-state index contributed by atoms with van der Waals surface area (Å²) < 4.78 is 69.7. The molecule has 484 valence electrons. The fourth-order valence-corrected chi connectivity index (χ4v) is 15.7. The maximum Gasteiger partial charge on any atom is 0.338 e. The second-order valence-electron chi connectivity index (χ2n) is 22.8. The van der Waals surface area contributed by atoms with Crippen molar-refractivity contribution in [2.24, 2.45) is 0 Å². The lowest BCUT2D eigenvalue weighted by atomic mass is 9.96. The lowest BCUT2D eigenvalue weighted by Gasteiger charge is -2.48. The smallest absolute Gasteiger partial charge is 0.338 e. The first kappa shape index (κ1) is 67.9. The molecular formula is C72H64Cl3NO17Si. The summed E-state index contributed by atoms with van der Waals surface area (Å²) in [6.45, 7) is 4.89. The van der Waals surface area contributed by atoms with E-state index in [1.165, 1.54) is 72.8 Å². The summed E-state index contributed by atoms with van der Waals surface area (Å²) in [7, 11) is -3.56. The fourth-order valence-electron chi connectivity index (χ4n) is 11.0. The van der Waals surface area contributed by atoms with Gasteiger partial charge in [-0.15, -0.1) is 0 Å². The van der Waals surface area contributed by atoms with E-state index in [2.05, 4.69) is 20.8 Å². The number of rotatable bonds is 21. The van der Waals surface area contributed by atoms with Crippen LogP contribution in [0.4, 0.5) is 0 Å². The zero-order chi connectivity index (χ0) is 66.4. The number of halogens is 3. The molecule has 1 unspecified atom stereocenters. The first-order chi connectivity index (χ1) is 45.3. The summed E-state index contributed by atoms with van der Waals surface area (Å²) in [5, 5.41) is 9.89. The molecule has 10 atom stereocenters. The molecule has 22 heteroatoms. The maximum absolute atomic E-state index is 14.8. The van der Waals surface area contributed by atoms with Gasteiger partial charge in [-0.05, 0) is 88.2 Å². The van der Waals surface area contributed by atoms with Crippen LogP contribution in [0.1, 0.15) is 82.9 Å². The fraction of sp³-hybridized carbons (Fsp3) is 0.236. The van der Waals surface area contributed by atoms with Crippen molar-refractivity contribution in [1.82, 2.24) is 0 Å². The minimum absolute atomic E-state index is 0.00168. The van der Waals surface area contributed by atoms with Crippen LogP contribution in [0.5, 0.6) is 0 Å². The SMILES string of the molecule is CC(C)(C)[Si](OC[C@H]1O[C@@H](OC[C@H]2OC(OC(=N)C(Cl)(Cl)Cl)[C@H](OC(=O)c3ccccc3)[C@@H](OC(=O)c3ccccc3)[C@@H]2OC(=O)c2ccccc2)[C@H](OC(=O)c2ccccc2)[C@@H](OC(=O)c2ccccc2)[C@@H]1OC(=O)c1ccccc1)(c1ccccc1)c1ccccc1. The van der Waals surface area contributed by atoms with E-state index in [0.717, 1.165) is 10.4 Å². The molecule has 2 saturated heterocycles. The van der Waals surface area contributed by atoms with Crippen molar-refractivity contribution in [3.63, 3.8) is 0 Å². The number of nitrogens with one attached hydrogen (secondary N) is 1. The highest BCUT2D eigenvalue weighted by Gasteiger charge is 2.59. The van der Waals surface area contributed by atoms with Crippen LogP contribution in [0.25, 0.3) is 0 Å². The molecule has 2 heterocycles. The predicted octanol–water partition coefficient (Wildman–Crippen LogP) is 11.7. The largest absolute Gasteiger partial charge is 0.452 e. The van der Waals surface area contributed by atoms with Crippen LogP contribution >= 0.6 is 34.8 Å². The Morgan fingerprint density at radius 1 is 0.362 bits per heavy atom. The van der Waals surface area contributed by atoms with Crippen molar-refractivity contribution in [2.45, 2.75) is 91.0 Å². The highest BCUT2D eigenvalue weighted by molar-refractivity contribution is 6.99. The van der Waals surface area contributed by atoms with Gasteiger partial charge in [0.05, 0.1) is 46.6 Å². The molecule has 8 aromatic rings. The summed E-state index contributed by atoms with van der Waals surface area (Å²) in [6.07, 6.45) is -18.5. The van der Waals surface area contributed by atoms with Crippen molar-refractivity contribution in [3.05, 3.63) is 276 Å². The van der Waals surface area contributed by atoms with Gasteiger partial charge in [-0.25, -0.2) is 28.8 Å². The van der Waals surface area contributed by atoms with Crippen LogP contribution in [0.2, 0.25) is 5.04 Å². The lowest BCUT2D eigenvalue weighted by Crippen LogP contribution is -2.69. The van der Waals surface area contributed by atoms with Gasteiger partial charge in [-0.2, -0.15) is 0 Å². The normalized spacial score (nSPS) is 21.3. The number of alkyl halides is 3. The minimum atomic E-state index is -3.56. The topological polar surface area (TPSA) is 228 Å². The Morgan fingerprint density at radius 2 is 0.617 bits per heavy atom. The molecule has 18 nitrogen and oxygen atoms in total. The van der Waals surface area contributed by atoms with E-state index in [1.54, 1.807) is 109 Å². The van der Waals surface area contributed by atoms with Gasteiger partial charge in [0.25, 0.3) is 12.1 Å². The Morgan fingerprint density at radius 3 is 0.915 bits per heavy atom. The molecular weight excluding hydrogens is 1290 g/mol. The molecule has 0 saturated carbocycles. The van der Waals surface area contributed by atoms with Crippen molar-refractivity contribution >= 4 is 95.2 Å². The number of ether oxygens (including phenoxy) is 10. The standard InChI is InChI=1S/C72H64Cl3NO17Si/c1-71(2,3)94(52-40-24-10-25-41-52,53-42-26-11-27-43-53)84-45-55-57(88-63(78)47-30-14-5-15-31-47)58(89-64(79)48-32-16-6-17-33-48)60(91-66(81)50-36-20-8-21-37-50)68(85-55)83-44-54-56(87-62(77)46-28-12-4-13-29-46)59(90-65(80)49-34-18-7-19-35-49)61(69(86-54)93-70(76)72(73,74)75)92-67(82)51-38-22-9-23-39-51/h4-43,54-61,68-69,76H,44-45H2,1-3H3/t54-,55-,56-,57-,58+,59+,60-,61-,68-,69?/m1/s1.